The number of halogens is 1. The summed E-state index contributed by atoms with van der Waals surface area (Å²) in [6.07, 6.45) is 0.303. The van der Waals surface area contributed by atoms with Crippen LogP contribution in [-0.4, -0.2) is 49.5 Å². The van der Waals surface area contributed by atoms with Gasteiger partial charge in [0.2, 0.25) is 11.8 Å². The second-order valence-corrected chi connectivity index (χ2v) is 13.9. The number of nitro benzene ring substituents is 1. The van der Waals surface area contributed by atoms with Crippen molar-refractivity contribution in [1.82, 2.24) is 9.88 Å². The van der Waals surface area contributed by atoms with Crippen LogP contribution in [0.15, 0.2) is 52.3 Å². The third-order valence-corrected chi connectivity index (χ3v) is 12.2. The van der Waals surface area contributed by atoms with E-state index in [0.717, 1.165) is 26.7 Å². The van der Waals surface area contributed by atoms with Gasteiger partial charge in [-0.2, -0.15) is 0 Å². The summed E-state index contributed by atoms with van der Waals surface area (Å²) >= 11 is 8.89. The quantitative estimate of drug-likeness (QED) is 0.205. The van der Waals surface area contributed by atoms with E-state index in [0.29, 0.717) is 27.8 Å². The number of amides is 2. The normalized spacial score (nSPS) is 28.5. The maximum atomic E-state index is 13.6. The van der Waals surface area contributed by atoms with Crippen LogP contribution in [0.4, 0.5) is 5.69 Å². The number of rotatable bonds is 8. The van der Waals surface area contributed by atoms with Crippen molar-refractivity contribution in [2.45, 2.75) is 35.6 Å². The summed E-state index contributed by atoms with van der Waals surface area (Å²) in [5.74, 6) is -3.62. The van der Waals surface area contributed by atoms with Gasteiger partial charge in [0.1, 0.15) is 12.4 Å². The number of nitrogens with zero attached hydrogens (tertiary/aromatic N) is 2. The van der Waals surface area contributed by atoms with Crippen molar-refractivity contribution in [3.8, 4) is 5.75 Å². The summed E-state index contributed by atoms with van der Waals surface area (Å²) in [6, 6.07) is 11.6. The monoisotopic (exact) mass is 641 g/mol. The number of aliphatic carboxylic acids is 1. The van der Waals surface area contributed by atoms with Crippen LogP contribution in [-0.2, 0) is 21.0 Å². The van der Waals surface area contributed by atoms with Crippen LogP contribution in [0.2, 0.25) is 5.02 Å². The average molecular weight is 642 g/mol. The molecule has 14 heteroatoms. The number of fused-ring (bicyclic) bond motifs is 9. The molecule has 2 saturated carbocycles. The van der Waals surface area contributed by atoms with Crippen LogP contribution in [0.1, 0.15) is 34.8 Å². The van der Waals surface area contributed by atoms with Gasteiger partial charge in [0.15, 0.2) is 0 Å². The Morgan fingerprint density at radius 1 is 1.14 bits per heavy atom. The molecule has 11 nitrogen and oxygen atoms in total. The van der Waals surface area contributed by atoms with Crippen molar-refractivity contribution in [2.24, 2.45) is 29.6 Å². The molecule has 2 N–H and O–H groups in total. The van der Waals surface area contributed by atoms with Gasteiger partial charge in [0.25, 0.3) is 5.69 Å². The number of carboxylic acids is 1. The molecule has 1 aromatic heterocycles. The molecule has 7 rings (SSSR count). The fraction of sp³-hybridized carbons (Fsp3) is 0.379. The number of H-pyrrole nitrogens is 1. The van der Waals surface area contributed by atoms with Crippen molar-refractivity contribution in [3.05, 3.63) is 83.3 Å². The highest BCUT2D eigenvalue weighted by Crippen LogP contribution is 2.69. The van der Waals surface area contributed by atoms with E-state index < -0.39 is 28.6 Å². The van der Waals surface area contributed by atoms with E-state index in [2.05, 4.69) is 4.98 Å². The van der Waals surface area contributed by atoms with Gasteiger partial charge in [-0.05, 0) is 36.3 Å². The van der Waals surface area contributed by atoms with Crippen molar-refractivity contribution >= 4 is 58.2 Å². The zero-order chi connectivity index (χ0) is 30.2. The molecular weight excluding hydrogens is 618 g/mol. The lowest BCUT2D eigenvalue weighted by molar-refractivity contribution is -0.385. The largest absolute Gasteiger partial charge is 0.489 e. The number of non-ortho nitro benzene ring substituents is 1. The lowest BCUT2D eigenvalue weighted by Crippen LogP contribution is -2.42. The number of aromatic nitrogens is 1. The van der Waals surface area contributed by atoms with Gasteiger partial charge in [0, 0.05) is 50.9 Å². The van der Waals surface area contributed by atoms with Crippen molar-refractivity contribution in [1.29, 1.82) is 0 Å². The Hall–Kier alpha value is -3.68. The number of likely N-dealkylation sites (tertiary alicyclic amines) is 1. The highest BCUT2D eigenvalue weighted by Gasteiger charge is 2.69. The van der Waals surface area contributed by atoms with E-state index in [9.17, 15) is 29.3 Å². The predicted octanol–water partition coefficient (Wildman–Crippen LogP) is 4.53. The smallest absolute Gasteiger partial charge is 0.305 e. The molecule has 3 aromatic rings. The van der Waals surface area contributed by atoms with E-state index in [-0.39, 0.29) is 65.0 Å². The van der Waals surface area contributed by atoms with E-state index in [4.69, 9.17) is 21.4 Å². The number of thioether (sulfide) groups is 1. The summed E-state index contributed by atoms with van der Waals surface area (Å²) in [6.45, 7) is -0.0600. The summed E-state index contributed by atoms with van der Waals surface area (Å²) in [5, 5.41) is 22.1. The molecule has 0 unspecified atom stereocenters. The zero-order valence-electron chi connectivity index (χ0n) is 22.3. The number of imide groups is 1. The molecule has 3 heterocycles. The van der Waals surface area contributed by atoms with Gasteiger partial charge in [-0.15, -0.1) is 11.8 Å². The van der Waals surface area contributed by atoms with Crippen LogP contribution >= 0.6 is 34.7 Å². The maximum Gasteiger partial charge on any atom is 0.305 e. The Labute approximate surface area is 257 Å². The summed E-state index contributed by atoms with van der Waals surface area (Å²) in [5.41, 5.74) is 1.14. The second-order valence-electron chi connectivity index (χ2n) is 11.3. The Morgan fingerprint density at radius 3 is 2.60 bits per heavy atom. The molecule has 0 spiro atoms. The predicted molar refractivity (Wildman–Crippen MR) is 156 cm³/mol. The van der Waals surface area contributed by atoms with Gasteiger partial charge >= 0.3 is 10.8 Å². The molecule has 0 radical (unpaired) electrons. The van der Waals surface area contributed by atoms with Gasteiger partial charge in [-0.1, -0.05) is 41.1 Å². The van der Waals surface area contributed by atoms with Crippen molar-refractivity contribution in [2.75, 3.05) is 6.54 Å². The first-order chi connectivity index (χ1) is 20.6. The highest BCUT2D eigenvalue weighted by atomic mass is 35.5. The first-order valence-electron chi connectivity index (χ1n) is 13.7. The molecule has 4 aliphatic rings. The van der Waals surface area contributed by atoms with Gasteiger partial charge in [-0.25, -0.2) is 0 Å². The minimum atomic E-state index is -1.09. The van der Waals surface area contributed by atoms with Crippen LogP contribution in [0.25, 0.3) is 0 Å². The Kier molecular flexibility index (Phi) is 6.86. The third kappa shape index (κ3) is 4.47. The molecule has 2 aliphatic carbocycles. The number of carbonyl (C=O) groups is 3. The van der Waals surface area contributed by atoms with Gasteiger partial charge in [-0.3, -0.25) is 34.2 Å². The van der Waals surface area contributed by atoms with Gasteiger partial charge in [0.05, 0.1) is 28.2 Å². The minimum Gasteiger partial charge on any atom is -0.489 e. The van der Waals surface area contributed by atoms with Crippen molar-refractivity contribution < 1.29 is 29.2 Å². The Balaban J connectivity index is 1.31. The van der Waals surface area contributed by atoms with Crippen LogP contribution < -0.4 is 9.61 Å². The number of nitrogens with one attached hydrogen (secondary N) is 1. The first kappa shape index (κ1) is 28.1. The third-order valence-electron chi connectivity index (χ3n) is 9.24. The fourth-order valence-electron chi connectivity index (χ4n) is 7.65. The number of ether oxygens (including phenoxy) is 1. The van der Waals surface area contributed by atoms with Gasteiger partial charge < -0.3 is 14.8 Å². The number of carbonyl (C=O) groups excluding carboxylic acids is 2. The summed E-state index contributed by atoms with van der Waals surface area (Å²) in [4.78, 5) is 66.8. The molecular formula is C29H24ClN3O8S2. The number of aromatic amines is 1. The van der Waals surface area contributed by atoms with E-state index in [1.54, 1.807) is 18.2 Å². The number of hydrogen-bond acceptors (Lipinski definition) is 9. The van der Waals surface area contributed by atoms with E-state index in [1.165, 1.54) is 23.9 Å². The molecule has 3 fully saturated rings. The molecule has 2 aromatic carbocycles. The Bertz CT molecular complexity index is 1760. The first-order valence-corrected chi connectivity index (χ1v) is 15.8. The average Bonchev–Trinajstić information content (AvgIpc) is 3.70. The number of hydrogen-bond donors (Lipinski definition) is 2. The number of nitro groups is 1. The molecule has 222 valence electrons. The number of carboxylic acid groups (broad SMARTS) is 1. The summed E-state index contributed by atoms with van der Waals surface area (Å²) in [7, 11) is 0. The number of benzene rings is 2. The van der Waals surface area contributed by atoms with Crippen LogP contribution in [0.5, 0.6) is 5.75 Å². The molecule has 2 aliphatic heterocycles. The molecule has 2 amide bonds. The molecule has 43 heavy (non-hydrogen) atoms. The van der Waals surface area contributed by atoms with Crippen LogP contribution in [0, 0.1) is 39.7 Å². The van der Waals surface area contributed by atoms with E-state index >= 15 is 0 Å². The standard InChI is InChI=1S/C29H24ClN3O8S2/c30-17-4-2-1-3-12(17)11-41-18-6-5-13(33(39)40)9-14(18)20-21-15-10-16(24(21)42-26-25(20)43-29(38)31-26)23-22(15)27(36)32(28(23)37)8-7-19(34)35/h1-6,9,15-16,20-24H,7-8,10-11H2,(H,31,38)(H,34,35)/t15-,16-,20-,21+,22+,23+,24-/m1/s1. The molecule has 2 bridgehead atoms. The van der Waals surface area contributed by atoms with Crippen molar-refractivity contribution in [3.63, 3.8) is 0 Å². The Morgan fingerprint density at radius 2 is 1.88 bits per heavy atom. The lowest BCUT2D eigenvalue weighted by atomic mass is 9.68. The lowest BCUT2D eigenvalue weighted by Gasteiger charge is -2.43. The molecule has 1 saturated heterocycles. The maximum absolute atomic E-state index is 13.6. The molecule has 7 atom stereocenters. The van der Waals surface area contributed by atoms with Crippen LogP contribution in [0.3, 0.4) is 0 Å². The fourth-order valence-corrected chi connectivity index (χ4v) is 10.7. The number of thiazole rings is 1. The zero-order valence-corrected chi connectivity index (χ0v) is 24.7. The highest BCUT2D eigenvalue weighted by molar-refractivity contribution is 8.00. The second kappa shape index (κ2) is 10.5. The summed E-state index contributed by atoms with van der Waals surface area (Å²) < 4.78 is 6.26. The topological polar surface area (TPSA) is 160 Å². The minimum absolute atomic E-state index is 0.110. The SMILES string of the molecule is O=C(O)CCN1C(=O)[C@H]2[C@H]3C[C@@H]([C@@H]2C1=O)[C@H]1[C@@H](c2cc([N+](=O)[O-])ccc2OCc2ccccc2Cl)c2sc(=O)[nH]c2S[C@H]31. The van der Waals surface area contributed by atoms with E-state index in [1.807, 2.05) is 12.1 Å².